The maximum atomic E-state index is 11.8. The quantitative estimate of drug-likeness (QED) is 0.632. The van der Waals surface area contributed by atoms with E-state index in [4.69, 9.17) is 9.47 Å². The first kappa shape index (κ1) is 13.9. The monoisotopic (exact) mass is 322 g/mol. The molecule has 3 nitrogen and oxygen atoms in total. The summed E-state index contributed by atoms with van der Waals surface area (Å²) in [5, 5.41) is 2.73. The number of alkyl halides is 1. The minimum atomic E-state index is -0.327. The van der Waals surface area contributed by atoms with E-state index in [1.54, 1.807) is 20.1 Å². The number of hydrogen-bond acceptors (Lipinski definition) is 3. The Kier molecular flexibility index (Phi) is 4.43. The smallest absolute Gasteiger partial charge is 0.338 e. The third-order valence-corrected chi connectivity index (χ3v) is 3.51. The molecule has 100 valence electrons. The van der Waals surface area contributed by atoms with Crippen LogP contribution in [-0.4, -0.2) is 19.7 Å². The predicted octanol–water partition coefficient (Wildman–Crippen LogP) is 3.92. The van der Waals surface area contributed by atoms with Crippen molar-refractivity contribution in [3.05, 3.63) is 41.5 Å². The first-order chi connectivity index (χ1) is 9.19. The minimum absolute atomic E-state index is 0.327. The molecule has 0 heterocycles. The summed E-state index contributed by atoms with van der Waals surface area (Å²) in [5.41, 5.74) is 1.66. The van der Waals surface area contributed by atoms with E-state index in [2.05, 4.69) is 15.9 Å². The average molecular weight is 323 g/mol. The summed E-state index contributed by atoms with van der Waals surface area (Å²) in [6.45, 7) is 2.15. The molecule has 2 rings (SSSR count). The van der Waals surface area contributed by atoms with Crippen LogP contribution >= 0.6 is 15.9 Å². The molecule has 0 aliphatic heterocycles. The second kappa shape index (κ2) is 6.06. The molecular weight excluding hydrogens is 308 g/mol. The van der Waals surface area contributed by atoms with E-state index in [1.807, 2.05) is 24.3 Å². The van der Waals surface area contributed by atoms with E-state index >= 15 is 0 Å². The Morgan fingerprint density at radius 2 is 2.05 bits per heavy atom. The van der Waals surface area contributed by atoms with Gasteiger partial charge < -0.3 is 9.47 Å². The molecular formula is C15H15BrO3. The number of fused-ring (bicyclic) bond motifs is 1. The Morgan fingerprint density at radius 3 is 2.68 bits per heavy atom. The van der Waals surface area contributed by atoms with Crippen LogP contribution in [0.15, 0.2) is 30.3 Å². The zero-order chi connectivity index (χ0) is 13.8. The molecule has 0 aliphatic carbocycles. The first-order valence-corrected chi connectivity index (χ1v) is 7.15. The molecule has 2 aromatic rings. The van der Waals surface area contributed by atoms with Crippen molar-refractivity contribution in [1.82, 2.24) is 0 Å². The summed E-state index contributed by atoms with van der Waals surface area (Å²) in [7, 11) is 1.60. The second-order valence-corrected chi connectivity index (χ2v) is 4.65. The number of esters is 1. The molecule has 0 amide bonds. The summed E-state index contributed by atoms with van der Waals surface area (Å²) in [4.78, 5) is 11.8. The summed E-state index contributed by atoms with van der Waals surface area (Å²) in [6.07, 6.45) is 0. The van der Waals surface area contributed by atoms with Crippen LogP contribution in [0.1, 0.15) is 22.8 Å². The lowest BCUT2D eigenvalue weighted by Crippen LogP contribution is -2.05. The number of carbonyl (C=O) groups excluding carboxylic acids is 1. The molecule has 0 unspecified atom stereocenters. The molecule has 0 aliphatic rings. The molecule has 2 aromatic carbocycles. The largest absolute Gasteiger partial charge is 0.496 e. The lowest BCUT2D eigenvalue weighted by molar-refractivity contribution is 0.0526. The van der Waals surface area contributed by atoms with Crippen LogP contribution in [0.5, 0.6) is 5.75 Å². The van der Waals surface area contributed by atoms with Gasteiger partial charge in [-0.15, -0.1) is 0 Å². The van der Waals surface area contributed by atoms with Crippen molar-refractivity contribution in [1.29, 1.82) is 0 Å². The molecule has 0 saturated heterocycles. The second-order valence-electron chi connectivity index (χ2n) is 4.09. The Balaban J connectivity index is 2.59. The SMILES string of the molecule is CCOC(=O)c1cc(OC)c2ccc(CBr)cc2c1. The van der Waals surface area contributed by atoms with E-state index in [-0.39, 0.29) is 5.97 Å². The molecule has 0 aromatic heterocycles. The van der Waals surface area contributed by atoms with Gasteiger partial charge in [-0.2, -0.15) is 0 Å². The van der Waals surface area contributed by atoms with Crippen LogP contribution in [0, 0.1) is 0 Å². The van der Waals surface area contributed by atoms with Gasteiger partial charge in [-0.05, 0) is 30.0 Å². The number of carbonyl (C=O) groups is 1. The number of methoxy groups -OCH3 is 1. The van der Waals surface area contributed by atoms with Gasteiger partial charge in [0, 0.05) is 10.7 Å². The lowest BCUT2D eigenvalue weighted by atomic mass is 10.0. The van der Waals surface area contributed by atoms with Crippen molar-refractivity contribution in [2.75, 3.05) is 13.7 Å². The van der Waals surface area contributed by atoms with Crippen molar-refractivity contribution < 1.29 is 14.3 Å². The highest BCUT2D eigenvalue weighted by atomic mass is 79.9. The van der Waals surface area contributed by atoms with E-state index in [9.17, 15) is 4.79 Å². The molecule has 19 heavy (non-hydrogen) atoms. The molecule has 0 spiro atoms. The molecule has 0 N–H and O–H groups in total. The van der Waals surface area contributed by atoms with Crippen LogP contribution in [0.3, 0.4) is 0 Å². The fourth-order valence-corrected chi connectivity index (χ4v) is 2.32. The molecule has 0 radical (unpaired) electrons. The minimum Gasteiger partial charge on any atom is -0.496 e. The van der Waals surface area contributed by atoms with E-state index < -0.39 is 0 Å². The first-order valence-electron chi connectivity index (χ1n) is 6.03. The van der Waals surface area contributed by atoms with Gasteiger partial charge in [-0.3, -0.25) is 0 Å². The van der Waals surface area contributed by atoms with Gasteiger partial charge in [0.1, 0.15) is 5.75 Å². The van der Waals surface area contributed by atoms with Gasteiger partial charge in [-0.1, -0.05) is 34.1 Å². The van der Waals surface area contributed by atoms with E-state index in [0.29, 0.717) is 17.9 Å². The zero-order valence-electron chi connectivity index (χ0n) is 10.9. The fraction of sp³-hybridized carbons (Fsp3) is 0.267. The molecule has 0 saturated carbocycles. The maximum Gasteiger partial charge on any atom is 0.338 e. The average Bonchev–Trinajstić information content (AvgIpc) is 2.45. The number of benzene rings is 2. The topological polar surface area (TPSA) is 35.5 Å². The fourth-order valence-electron chi connectivity index (χ4n) is 1.97. The zero-order valence-corrected chi connectivity index (χ0v) is 12.5. The van der Waals surface area contributed by atoms with E-state index in [1.165, 1.54) is 0 Å². The Labute approximate surface area is 120 Å². The van der Waals surface area contributed by atoms with Crippen LogP contribution in [0.4, 0.5) is 0 Å². The third-order valence-electron chi connectivity index (χ3n) is 2.86. The van der Waals surface area contributed by atoms with E-state index in [0.717, 1.165) is 21.7 Å². The van der Waals surface area contributed by atoms with Crippen molar-refractivity contribution in [2.45, 2.75) is 12.3 Å². The highest BCUT2D eigenvalue weighted by Gasteiger charge is 2.11. The predicted molar refractivity (Wildman–Crippen MR) is 79.1 cm³/mol. The van der Waals surface area contributed by atoms with Gasteiger partial charge in [-0.25, -0.2) is 4.79 Å². The van der Waals surface area contributed by atoms with Gasteiger partial charge >= 0.3 is 5.97 Å². The van der Waals surface area contributed by atoms with Crippen LogP contribution in [0.2, 0.25) is 0 Å². The van der Waals surface area contributed by atoms with Crippen molar-refractivity contribution in [3.63, 3.8) is 0 Å². The number of ether oxygens (including phenoxy) is 2. The van der Waals surface area contributed by atoms with Crippen molar-refractivity contribution >= 4 is 32.7 Å². The highest BCUT2D eigenvalue weighted by Crippen LogP contribution is 2.29. The molecule has 4 heteroatoms. The van der Waals surface area contributed by atoms with Crippen LogP contribution < -0.4 is 4.74 Å². The van der Waals surface area contributed by atoms with Crippen molar-refractivity contribution in [2.24, 2.45) is 0 Å². The van der Waals surface area contributed by atoms with Crippen LogP contribution in [0.25, 0.3) is 10.8 Å². The number of hydrogen-bond donors (Lipinski definition) is 0. The van der Waals surface area contributed by atoms with Crippen molar-refractivity contribution in [3.8, 4) is 5.75 Å². The summed E-state index contributed by atoms with van der Waals surface area (Å²) < 4.78 is 10.4. The Hall–Kier alpha value is -1.55. The van der Waals surface area contributed by atoms with Gasteiger partial charge in [0.15, 0.2) is 0 Å². The lowest BCUT2D eigenvalue weighted by Gasteiger charge is -2.10. The summed E-state index contributed by atoms with van der Waals surface area (Å²) in [6, 6.07) is 9.62. The third kappa shape index (κ3) is 2.89. The standard InChI is InChI=1S/C15H15BrO3/c1-3-19-15(17)12-7-11-6-10(9-16)4-5-13(11)14(8-12)18-2/h4-8H,3,9H2,1-2H3. The summed E-state index contributed by atoms with van der Waals surface area (Å²) >= 11 is 3.43. The number of halogens is 1. The van der Waals surface area contributed by atoms with Crippen LogP contribution in [-0.2, 0) is 10.1 Å². The summed E-state index contributed by atoms with van der Waals surface area (Å²) in [5.74, 6) is 0.355. The maximum absolute atomic E-state index is 11.8. The molecule has 0 atom stereocenters. The Morgan fingerprint density at radius 1 is 1.26 bits per heavy atom. The highest BCUT2D eigenvalue weighted by molar-refractivity contribution is 9.08. The Bertz CT molecular complexity index is 608. The molecule has 0 fully saturated rings. The number of rotatable bonds is 4. The van der Waals surface area contributed by atoms with Gasteiger partial charge in [0.25, 0.3) is 0 Å². The van der Waals surface area contributed by atoms with Gasteiger partial charge in [0.05, 0.1) is 19.3 Å². The normalized spacial score (nSPS) is 10.5. The molecule has 0 bridgehead atoms. The van der Waals surface area contributed by atoms with Gasteiger partial charge in [0.2, 0.25) is 0 Å².